The molecule has 5 aliphatic rings. The SMILES string of the molecule is O=C(N[C@@H]1CCCCC/C=C\C2C[C@@]2(C(=O)NS(=O)(=O)C2CC2)NC(=O)[C@@H]2C[C@@H](Oc3nc4ccccc4nc3CCc3nccs3)CN2C1=O)OC1CCCC1. The molecule has 1 saturated heterocycles. The number of aryl methyl sites for hydroxylation is 2. The van der Waals surface area contributed by atoms with Gasteiger partial charge in [-0.3, -0.25) is 19.1 Å². The van der Waals surface area contributed by atoms with E-state index in [1.807, 2.05) is 41.8 Å². The summed E-state index contributed by atoms with van der Waals surface area (Å²) in [6.45, 7) is -0.00815. The van der Waals surface area contributed by atoms with Crippen LogP contribution in [0, 0.1) is 5.92 Å². The van der Waals surface area contributed by atoms with Crippen molar-refractivity contribution in [3.05, 3.63) is 58.7 Å². The van der Waals surface area contributed by atoms with Crippen molar-refractivity contribution in [1.82, 2.24) is 35.2 Å². The minimum atomic E-state index is -3.89. The van der Waals surface area contributed by atoms with Crippen molar-refractivity contribution < 1.29 is 37.1 Å². The Morgan fingerprint density at radius 3 is 2.49 bits per heavy atom. The molecule has 1 aromatic carbocycles. The number of carbonyl (C=O) groups excluding carboxylic acids is 4. The van der Waals surface area contributed by atoms with Crippen LogP contribution in [-0.2, 0) is 42.0 Å². The number of hydrogen-bond acceptors (Lipinski definition) is 12. The van der Waals surface area contributed by atoms with Gasteiger partial charge >= 0.3 is 6.09 Å². The second-order valence-corrected chi connectivity index (χ2v) is 18.8. The second kappa shape index (κ2) is 16.7. The van der Waals surface area contributed by atoms with Gasteiger partial charge in [-0.2, -0.15) is 0 Å². The minimum absolute atomic E-state index is 0.00815. The summed E-state index contributed by atoms with van der Waals surface area (Å²) in [5.74, 6) is -2.00. The third-order valence-corrected chi connectivity index (χ3v) is 14.3. The van der Waals surface area contributed by atoms with Crippen LogP contribution in [0.3, 0.4) is 0 Å². The molecule has 4 fully saturated rings. The standard InChI is InChI=1S/C40H49N7O8S2/c48-35-33-22-27(54-36-31(18-19-34-41-20-21-56-34)42-29-13-8-9-14-30(29)43-36)24-47(33)37(49)32(44-39(51)55-26-11-6-7-12-26)15-5-3-1-2-4-10-25-23-40(25,45-35)38(50)46-57(52,53)28-16-17-28/h4,8-10,13-14,20-21,25-28,32-33H,1-3,5-7,11-12,15-19,22-24H2,(H,44,51)(H,45,48)(H,46,50)/b10-4-/t25?,27-,32-,33+,40-/m1/s1. The number of ether oxygens (including phenoxy) is 2. The van der Waals surface area contributed by atoms with E-state index in [0.717, 1.165) is 43.5 Å². The number of allylic oxidation sites excluding steroid dienone is 1. The summed E-state index contributed by atoms with van der Waals surface area (Å²) in [7, 11) is -3.89. The number of fused-ring (bicyclic) bond motifs is 3. The first-order valence-electron chi connectivity index (χ1n) is 20.2. The summed E-state index contributed by atoms with van der Waals surface area (Å²) in [6, 6.07) is 5.38. The number of thiazole rings is 1. The van der Waals surface area contributed by atoms with Gasteiger partial charge in [0.05, 0.1) is 27.8 Å². The monoisotopic (exact) mass is 819 g/mol. The van der Waals surface area contributed by atoms with Gasteiger partial charge in [0, 0.05) is 36.8 Å². The highest BCUT2D eigenvalue weighted by molar-refractivity contribution is 7.91. The average molecular weight is 820 g/mol. The normalized spacial score (nSPS) is 27.7. The first-order valence-corrected chi connectivity index (χ1v) is 22.6. The van der Waals surface area contributed by atoms with E-state index >= 15 is 0 Å². The minimum Gasteiger partial charge on any atom is -0.471 e. The summed E-state index contributed by atoms with van der Waals surface area (Å²) in [4.78, 5) is 71.7. The Balaban J connectivity index is 1.09. The number of rotatable bonds is 10. The van der Waals surface area contributed by atoms with Gasteiger partial charge < -0.3 is 25.0 Å². The maximum atomic E-state index is 14.6. The van der Waals surface area contributed by atoms with Gasteiger partial charge in [0.25, 0.3) is 5.91 Å². The van der Waals surface area contributed by atoms with Crippen LogP contribution >= 0.6 is 11.3 Å². The summed E-state index contributed by atoms with van der Waals surface area (Å²) in [5.41, 5.74) is 0.433. The molecule has 8 rings (SSSR count). The number of hydrogen-bond donors (Lipinski definition) is 3. The molecule has 3 aromatic rings. The van der Waals surface area contributed by atoms with Crippen LogP contribution in [0.25, 0.3) is 11.0 Å². The lowest BCUT2D eigenvalue weighted by Crippen LogP contribution is -2.58. The molecule has 4 amide bonds. The van der Waals surface area contributed by atoms with E-state index in [2.05, 4.69) is 20.3 Å². The smallest absolute Gasteiger partial charge is 0.408 e. The molecule has 0 radical (unpaired) electrons. The van der Waals surface area contributed by atoms with Gasteiger partial charge in [-0.1, -0.05) is 37.1 Å². The highest BCUT2D eigenvalue weighted by atomic mass is 32.2. The summed E-state index contributed by atoms with van der Waals surface area (Å²) < 4.78 is 40.3. The molecule has 304 valence electrons. The van der Waals surface area contributed by atoms with Crippen LogP contribution in [0.15, 0.2) is 48.0 Å². The van der Waals surface area contributed by atoms with Gasteiger partial charge in [0.2, 0.25) is 27.7 Å². The third-order valence-electron chi connectivity index (χ3n) is 11.7. The Hall–Kier alpha value is -4.64. The van der Waals surface area contributed by atoms with Crippen molar-refractivity contribution in [2.24, 2.45) is 5.92 Å². The number of para-hydroxylation sites is 2. The lowest BCUT2D eigenvalue weighted by atomic mass is 10.0. The van der Waals surface area contributed by atoms with Crippen LogP contribution in [0.5, 0.6) is 5.88 Å². The molecule has 1 unspecified atom stereocenters. The Kier molecular flexibility index (Phi) is 11.5. The van der Waals surface area contributed by atoms with E-state index in [9.17, 15) is 27.6 Å². The Bertz CT molecular complexity index is 2120. The second-order valence-electron chi connectivity index (χ2n) is 15.9. The molecule has 2 aromatic heterocycles. The zero-order valence-corrected chi connectivity index (χ0v) is 33.4. The lowest BCUT2D eigenvalue weighted by molar-refractivity contribution is -0.141. The van der Waals surface area contributed by atoms with E-state index in [4.69, 9.17) is 19.4 Å². The average Bonchev–Trinajstić information content (AvgIpc) is 3.94. The van der Waals surface area contributed by atoms with Crippen molar-refractivity contribution in [1.29, 1.82) is 0 Å². The van der Waals surface area contributed by atoms with Crippen molar-refractivity contribution >= 4 is 56.2 Å². The largest absolute Gasteiger partial charge is 0.471 e. The molecule has 15 nitrogen and oxygen atoms in total. The molecule has 17 heteroatoms. The summed E-state index contributed by atoms with van der Waals surface area (Å²) >= 11 is 1.54. The van der Waals surface area contributed by atoms with Gasteiger partial charge in [-0.15, -0.1) is 11.3 Å². The number of nitrogens with zero attached hydrogens (tertiary/aromatic N) is 4. The van der Waals surface area contributed by atoms with E-state index in [1.165, 1.54) is 4.90 Å². The molecule has 4 heterocycles. The number of sulfonamides is 1. The van der Waals surface area contributed by atoms with Gasteiger partial charge in [0.15, 0.2) is 0 Å². The van der Waals surface area contributed by atoms with Gasteiger partial charge in [-0.25, -0.2) is 28.2 Å². The molecule has 0 bridgehead atoms. The Labute approximate surface area is 335 Å². The van der Waals surface area contributed by atoms with Gasteiger partial charge in [0.1, 0.15) is 35.5 Å². The summed E-state index contributed by atoms with van der Waals surface area (Å²) in [5, 5.41) is 7.96. The maximum absolute atomic E-state index is 14.6. The molecule has 2 aliphatic heterocycles. The fraction of sp³-hybridized carbons (Fsp3) is 0.575. The molecule has 0 spiro atoms. The first kappa shape index (κ1) is 39.2. The zero-order valence-electron chi connectivity index (χ0n) is 31.8. The van der Waals surface area contributed by atoms with Crippen LogP contribution in [-0.4, -0.2) is 93.7 Å². The third kappa shape index (κ3) is 9.09. The fourth-order valence-electron chi connectivity index (χ4n) is 8.22. The fourth-order valence-corrected chi connectivity index (χ4v) is 10.2. The topological polar surface area (TPSA) is 199 Å². The highest BCUT2D eigenvalue weighted by Gasteiger charge is 2.62. The number of amides is 4. The van der Waals surface area contributed by atoms with Crippen LogP contribution in [0.2, 0.25) is 0 Å². The van der Waals surface area contributed by atoms with E-state index in [1.54, 1.807) is 17.5 Å². The van der Waals surface area contributed by atoms with Crippen molar-refractivity contribution in [2.75, 3.05) is 6.54 Å². The van der Waals surface area contributed by atoms with Crippen LogP contribution < -0.4 is 20.1 Å². The number of carbonyl (C=O) groups is 4. The number of benzene rings is 1. The van der Waals surface area contributed by atoms with Crippen LogP contribution in [0.1, 0.15) is 94.2 Å². The predicted molar refractivity (Wildman–Crippen MR) is 211 cm³/mol. The van der Waals surface area contributed by atoms with Crippen LogP contribution in [0.4, 0.5) is 4.79 Å². The number of alkyl carbamates (subject to hydrolysis) is 1. The van der Waals surface area contributed by atoms with Gasteiger partial charge in [-0.05, 0) is 76.3 Å². The predicted octanol–water partition coefficient (Wildman–Crippen LogP) is 4.26. The van der Waals surface area contributed by atoms with E-state index in [0.29, 0.717) is 61.7 Å². The number of nitrogens with one attached hydrogen (secondary N) is 3. The molecule has 57 heavy (non-hydrogen) atoms. The lowest BCUT2D eigenvalue weighted by Gasteiger charge is -2.30. The molecule has 3 N–H and O–H groups in total. The highest BCUT2D eigenvalue weighted by Crippen LogP contribution is 2.46. The quantitative estimate of drug-likeness (QED) is 0.247. The molecule has 5 atom stereocenters. The van der Waals surface area contributed by atoms with Crippen molar-refractivity contribution in [3.63, 3.8) is 0 Å². The number of aromatic nitrogens is 3. The van der Waals surface area contributed by atoms with E-state index in [-0.39, 0.29) is 31.4 Å². The van der Waals surface area contributed by atoms with Crippen molar-refractivity contribution in [2.45, 2.75) is 131 Å². The Morgan fingerprint density at radius 1 is 0.965 bits per heavy atom. The Morgan fingerprint density at radius 2 is 1.74 bits per heavy atom. The maximum Gasteiger partial charge on any atom is 0.408 e. The molecular formula is C40H49N7O8S2. The molecule has 3 aliphatic carbocycles. The van der Waals surface area contributed by atoms with E-state index < -0.39 is 68.7 Å². The molecular weight excluding hydrogens is 771 g/mol. The summed E-state index contributed by atoms with van der Waals surface area (Å²) in [6.07, 6.45) is 13.1. The zero-order chi connectivity index (χ0) is 39.6. The first-order chi connectivity index (χ1) is 27.6. The van der Waals surface area contributed by atoms with Crippen molar-refractivity contribution in [3.8, 4) is 5.88 Å². The molecule has 3 saturated carbocycles.